The third-order valence-electron chi connectivity index (χ3n) is 5.46. The monoisotopic (exact) mass is 331 g/mol. The summed E-state index contributed by atoms with van der Waals surface area (Å²) >= 11 is 0. The second-order valence-corrected chi connectivity index (χ2v) is 7.75. The summed E-state index contributed by atoms with van der Waals surface area (Å²) in [6.45, 7) is 12.7. The molecule has 0 saturated carbocycles. The molecule has 134 valence electrons. The van der Waals surface area contributed by atoms with Crippen LogP contribution in [0.3, 0.4) is 0 Å². The van der Waals surface area contributed by atoms with Crippen molar-refractivity contribution in [3.8, 4) is 0 Å². The summed E-state index contributed by atoms with van der Waals surface area (Å²) in [7, 11) is 1.87. The summed E-state index contributed by atoms with van der Waals surface area (Å²) in [6.07, 6.45) is 2.15. The zero-order chi connectivity index (χ0) is 17.6. The maximum absolute atomic E-state index is 5.72. The van der Waals surface area contributed by atoms with E-state index in [1.165, 1.54) is 5.56 Å². The van der Waals surface area contributed by atoms with E-state index >= 15 is 0 Å². The van der Waals surface area contributed by atoms with Crippen LogP contribution in [0.4, 0.5) is 0 Å². The van der Waals surface area contributed by atoms with Gasteiger partial charge in [-0.1, -0.05) is 44.2 Å². The Morgan fingerprint density at radius 1 is 1.17 bits per heavy atom. The van der Waals surface area contributed by atoms with Crippen molar-refractivity contribution in [3.63, 3.8) is 0 Å². The molecule has 0 unspecified atom stereocenters. The first-order valence-corrected chi connectivity index (χ1v) is 8.98. The van der Waals surface area contributed by atoms with Gasteiger partial charge in [0.25, 0.3) is 0 Å². The van der Waals surface area contributed by atoms with Crippen molar-refractivity contribution >= 4 is 5.96 Å². The Balaban J connectivity index is 1.60. The molecule has 0 atom stereocenters. The summed E-state index contributed by atoms with van der Waals surface area (Å²) in [6, 6.07) is 10.3. The van der Waals surface area contributed by atoms with Gasteiger partial charge >= 0.3 is 0 Å². The minimum atomic E-state index is 0.146. The zero-order valence-corrected chi connectivity index (χ0v) is 15.9. The van der Waals surface area contributed by atoms with Crippen molar-refractivity contribution in [2.24, 2.45) is 10.4 Å². The van der Waals surface area contributed by atoms with Crippen molar-refractivity contribution in [2.75, 3.05) is 26.7 Å². The molecule has 1 aliphatic rings. The molecule has 24 heavy (non-hydrogen) atoms. The fourth-order valence-electron chi connectivity index (χ4n) is 2.99. The standard InChI is InChI=1S/C20H33N3O/c1-19(2)16-23(20(19,3)4)18(21-5)22-13-9-10-14-24-15-17-11-7-6-8-12-17/h6-8,11-12H,9-10,13-16H2,1-5H3,(H,21,22). The van der Waals surface area contributed by atoms with Gasteiger partial charge in [0.1, 0.15) is 0 Å². The average molecular weight is 332 g/mol. The van der Waals surface area contributed by atoms with Crippen molar-refractivity contribution < 1.29 is 4.74 Å². The lowest BCUT2D eigenvalue weighted by atomic mass is 9.65. The fourth-order valence-corrected chi connectivity index (χ4v) is 2.99. The highest BCUT2D eigenvalue weighted by Gasteiger charge is 2.53. The van der Waals surface area contributed by atoms with E-state index in [0.717, 1.165) is 38.5 Å². The van der Waals surface area contributed by atoms with Crippen LogP contribution in [-0.2, 0) is 11.3 Å². The summed E-state index contributed by atoms with van der Waals surface area (Å²) < 4.78 is 5.72. The van der Waals surface area contributed by atoms with Gasteiger partial charge in [-0.3, -0.25) is 4.99 Å². The molecule has 1 fully saturated rings. The van der Waals surface area contributed by atoms with E-state index in [1.807, 2.05) is 25.2 Å². The molecule has 2 rings (SSSR count). The van der Waals surface area contributed by atoms with Gasteiger partial charge in [0, 0.05) is 37.7 Å². The van der Waals surface area contributed by atoms with Crippen molar-refractivity contribution in [1.82, 2.24) is 10.2 Å². The highest BCUT2D eigenvalue weighted by atomic mass is 16.5. The van der Waals surface area contributed by atoms with Crippen LogP contribution >= 0.6 is 0 Å². The van der Waals surface area contributed by atoms with Gasteiger partial charge in [-0.05, 0) is 32.3 Å². The molecule has 1 aromatic carbocycles. The number of guanidine groups is 1. The lowest BCUT2D eigenvalue weighted by Gasteiger charge is -2.62. The van der Waals surface area contributed by atoms with Gasteiger partial charge in [-0.2, -0.15) is 0 Å². The number of rotatable bonds is 7. The Morgan fingerprint density at radius 2 is 1.88 bits per heavy atom. The predicted molar refractivity (Wildman–Crippen MR) is 101 cm³/mol. The van der Waals surface area contributed by atoms with Crippen LogP contribution < -0.4 is 5.32 Å². The molecule has 1 heterocycles. The molecule has 0 aliphatic carbocycles. The quantitative estimate of drug-likeness (QED) is 0.470. The SMILES string of the molecule is CN=C(NCCCCOCc1ccccc1)N1CC(C)(C)C1(C)C. The molecule has 4 nitrogen and oxygen atoms in total. The summed E-state index contributed by atoms with van der Waals surface area (Å²) in [4.78, 5) is 6.82. The Labute approximate surface area is 147 Å². The normalized spacial score (nSPS) is 19.0. The number of hydrogen-bond acceptors (Lipinski definition) is 2. The highest BCUT2D eigenvalue weighted by molar-refractivity contribution is 5.81. The second kappa shape index (κ2) is 8.02. The molecule has 0 spiro atoms. The first-order valence-electron chi connectivity index (χ1n) is 8.98. The lowest BCUT2D eigenvalue weighted by molar-refractivity contribution is -0.0667. The highest BCUT2D eigenvalue weighted by Crippen LogP contribution is 2.46. The van der Waals surface area contributed by atoms with Gasteiger partial charge in [-0.25, -0.2) is 0 Å². The van der Waals surface area contributed by atoms with Crippen LogP contribution in [0.25, 0.3) is 0 Å². The molecule has 0 radical (unpaired) electrons. The number of unbranched alkanes of at least 4 members (excludes halogenated alkanes) is 1. The number of hydrogen-bond donors (Lipinski definition) is 1. The largest absolute Gasteiger partial charge is 0.377 e. The van der Waals surface area contributed by atoms with Gasteiger partial charge in [-0.15, -0.1) is 0 Å². The maximum Gasteiger partial charge on any atom is 0.194 e. The molecule has 0 aromatic heterocycles. The number of benzene rings is 1. The van der Waals surface area contributed by atoms with Crippen LogP contribution in [0.5, 0.6) is 0 Å². The Hall–Kier alpha value is -1.55. The predicted octanol–water partition coefficient (Wildman–Crippen LogP) is 3.68. The van der Waals surface area contributed by atoms with Gasteiger partial charge in [0.2, 0.25) is 0 Å². The summed E-state index contributed by atoms with van der Waals surface area (Å²) in [5.41, 5.74) is 1.71. The molecule has 1 aliphatic heterocycles. The Kier molecular flexibility index (Phi) is 6.27. The molecule has 0 bridgehead atoms. The number of ether oxygens (including phenoxy) is 1. The molecule has 1 N–H and O–H groups in total. The zero-order valence-electron chi connectivity index (χ0n) is 15.9. The molecular formula is C20H33N3O. The molecule has 4 heteroatoms. The van der Waals surface area contributed by atoms with Crippen LogP contribution in [0.1, 0.15) is 46.1 Å². The average Bonchev–Trinajstić information content (AvgIpc) is 2.57. The Morgan fingerprint density at radius 3 is 2.46 bits per heavy atom. The van der Waals surface area contributed by atoms with Gasteiger partial charge in [0.05, 0.1) is 6.61 Å². The molecule has 1 aromatic rings. The summed E-state index contributed by atoms with van der Waals surface area (Å²) in [5, 5.41) is 3.49. The topological polar surface area (TPSA) is 36.9 Å². The molecule has 1 saturated heterocycles. The first-order chi connectivity index (χ1) is 11.4. The molecular weight excluding hydrogens is 298 g/mol. The van der Waals surface area contributed by atoms with Gasteiger partial charge < -0.3 is 15.0 Å². The van der Waals surface area contributed by atoms with Crippen LogP contribution in [0.15, 0.2) is 35.3 Å². The number of nitrogens with zero attached hydrogens (tertiary/aromatic N) is 2. The fraction of sp³-hybridized carbons (Fsp3) is 0.650. The van der Waals surface area contributed by atoms with E-state index in [4.69, 9.17) is 4.74 Å². The van der Waals surface area contributed by atoms with E-state index in [2.05, 4.69) is 55.0 Å². The minimum absolute atomic E-state index is 0.146. The van der Waals surface area contributed by atoms with E-state index in [1.54, 1.807) is 0 Å². The maximum atomic E-state index is 5.72. The smallest absolute Gasteiger partial charge is 0.194 e. The Bertz CT molecular complexity index is 537. The van der Waals surface area contributed by atoms with E-state index in [-0.39, 0.29) is 5.54 Å². The van der Waals surface area contributed by atoms with Crippen LogP contribution in [-0.4, -0.2) is 43.1 Å². The summed E-state index contributed by atoms with van der Waals surface area (Å²) in [5.74, 6) is 1.02. The van der Waals surface area contributed by atoms with E-state index in [0.29, 0.717) is 12.0 Å². The number of aliphatic imine (C=N–C) groups is 1. The van der Waals surface area contributed by atoms with Crippen molar-refractivity contribution in [1.29, 1.82) is 0 Å². The van der Waals surface area contributed by atoms with E-state index < -0.39 is 0 Å². The molecule has 0 amide bonds. The van der Waals surface area contributed by atoms with Crippen LogP contribution in [0, 0.1) is 5.41 Å². The van der Waals surface area contributed by atoms with Crippen molar-refractivity contribution in [2.45, 2.75) is 52.7 Å². The van der Waals surface area contributed by atoms with Crippen LogP contribution in [0.2, 0.25) is 0 Å². The second-order valence-electron chi connectivity index (χ2n) is 7.75. The number of nitrogens with one attached hydrogen (secondary N) is 1. The van der Waals surface area contributed by atoms with E-state index in [9.17, 15) is 0 Å². The number of likely N-dealkylation sites (tertiary alicyclic amines) is 1. The third kappa shape index (κ3) is 4.29. The lowest BCUT2D eigenvalue weighted by Crippen LogP contribution is -2.72. The van der Waals surface area contributed by atoms with Crippen molar-refractivity contribution in [3.05, 3.63) is 35.9 Å². The minimum Gasteiger partial charge on any atom is -0.377 e. The first kappa shape index (κ1) is 18.8. The third-order valence-corrected chi connectivity index (χ3v) is 5.46. The van der Waals surface area contributed by atoms with Gasteiger partial charge in [0.15, 0.2) is 5.96 Å².